The van der Waals surface area contributed by atoms with Crippen LogP contribution in [0.3, 0.4) is 0 Å². The summed E-state index contributed by atoms with van der Waals surface area (Å²) in [6.07, 6.45) is 0. The molecule has 0 aliphatic rings. The topological polar surface area (TPSA) is 4.36 Å². The molecule has 0 spiro atoms. The quantitative estimate of drug-likeness (QED) is 0.454. The highest BCUT2D eigenvalue weighted by atomic mass is 14.6. The zero-order chi connectivity index (χ0) is 4.99. The average Bonchev–Trinajstić information content (AvgIpc) is 1.35. The van der Waals surface area contributed by atoms with E-state index in [1.165, 1.54) is 0 Å². The Labute approximate surface area is 38.8 Å². The van der Waals surface area contributed by atoms with Crippen LogP contribution in [0.4, 0.5) is 0 Å². The van der Waals surface area contributed by atoms with E-state index in [0.717, 1.165) is 6.54 Å². The summed E-state index contributed by atoms with van der Waals surface area (Å²) in [5, 5.41) is 0. The van der Waals surface area contributed by atoms with Crippen molar-refractivity contribution >= 4 is 0 Å². The maximum Gasteiger partial charge on any atom is 0.265 e. The third-order valence-electron chi connectivity index (χ3n) is 0.471. The van der Waals surface area contributed by atoms with Gasteiger partial charge in [-0.25, -0.2) is 0 Å². The molecule has 0 fully saturated rings. The molecule has 0 aromatic rings. The van der Waals surface area contributed by atoms with Crippen LogP contribution in [0.15, 0.2) is 0 Å². The SMILES string of the molecule is C#[N+]CC(C)C. The fraction of sp³-hybridized carbons (Fsp3) is 0.800. The second kappa shape index (κ2) is 2.71. The Balaban J connectivity index is 2.88. The molecule has 0 rings (SSSR count). The van der Waals surface area contributed by atoms with Crippen molar-refractivity contribution in [3.63, 3.8) is 0 Å². The molecule has 1 nitrogen and oxygen atoms in total. The highest BCUT2D eigenvalue weighted by molar-refractivity contribution is 4.67. The lowest BCUT2D eigenvalue weighted by Gasteiger charge is -1.81. The highest BCUT2D eigenvalue weighted by Crippen LogP contribution is 1.88. The molecule has 6 heavy (non-hydrogen) atoms. The summed E-state index contributed by atoms with van der Waals surface area (Å²) in [6.45, 7) is 9.79. The van der Waals surface area contributed by atoms with Gasteiger partial charge in [0.05, 0.1) is 0 Å². The van der Waals surface area contributed by atoms with E-state index >= 15 is 0 Å². The minimum atomic E-state index is 0.606. The first-order chi connectivity index (χ1) is 2.77. The van der Waals surface area contributed by atoms with E-state index in [-0.39, 0.29) is 0 Å². The van der Waals surface area contributed by atoms with E-state index in [2.05, 4.69) is 18.7 Å². The molecular weight excluding hydrogens is 74.1 g/mol. The molecule has 0 atom stereocenters. The molecule has 0 saturated heterocycles. The first-order valence-electron chi connectivity index (χ1n) is 2.14. The van der Waals surface area contributed by atoms with Crippen LogP contribution in [0.2, 0.25) is 0 Å². The number of hydrogen-bond acceptors (Lipinski definition) is 0. The summed E-state index contributed by atoms with van der Waals surface area (Å²) in [6, 6.07) is 0. The smallest absolute Gasteiger partial charge is 0.0867 e. The molecule has 0 aromatic carbocycles. The van der Waals surface area contributed by atoms with Crippen LogP contribution in [-0.4, -0.2) is 6.54 Å². The lowest BCUT2D eigenvalue weighted by Crippen LogP contribution is -1.86. The van der Waals surface area contributed by atoms with Crippen molar-refractivity contribution in [2.24, 2.45) is 5.92 Å². The normalized spacial score (nSPS) is 8.33. The van der Waals surface area contributed by atoms with Crippen molar-refractivity contribution < 1.29 is 0 Å². The van der Waals surface area contributed by atoms with Gasteiger partial charge in [0.15, 0.2) is 0 Å². The van der Waals surface area contributed by atoms with Gasteiger partial charge >= 0.3 is 0 Å². The molecule has 0 aromatic heterocycles. The molecular formula is C5H10N+. The molecule has 0 saturated carbocycles. The van der Waals surface area contributed by atoms with Gasteiger partial charge in [0.1, 0.15) is 0 Å². The molecule has 0 radical (unpaired) electrons. The van der Waals surface area contributed by atoms with E-state index in [1.807, 2.05) is 0 Å². The fourth-order valence-electron chi connectivity index (χ4n) is 0.211. The van der Waals surface area contributed by atoms with Gasteiger partial charge in [-0.2, -0.15) is 0 Å². The third-order valence-corrected chi connectivity index (χ3v) is 0.471. The summed E-state index contributed by atoms with van der Waals surface area (Å²) in [5.74, 6) is 0.606. The summed E-state index contributed by atoms with van der Waals surface area (Å²) in [4.78, 5) is 3.44. The van der Waals surface area contributed by atoms with Crippen LogP contribution in [0.5, 0.6) is 0 Å². The summed E-state index contributed by atoms with van der Waals surface area (Å²) in [5.41, 5.74) is 0. The van der Waals surface area contributed by atoms with Crippen molar-refractivity contribution in [3.8, 4) is 6.57 Å². The van der Waals surface area contributed by atoms with Crippen LogP contribution in [0.1, 0.15) is 13.8 Å². The van der Waals surface area contributed by atoms with Crippen LogP contribution in [0.25, 0.3) is 4.85 Å². The second-order valence-corrected chi connectivity index (χ2v) is 1.76. The average molecular weight is 84.1 g/mol. The van der Waals surface area contributed by atoms with E-state index in [1.54, 1.807) is 0 Å². The van der Waals surface area contributed by atoms with Crippen molar-refractivity contribution in [1.29, 1.82) is 0 Å². The lowest BCUT2D eigenvalue weighted by atomic mass is 10.2. The van der Waals surface area contributed by atoms with Gasteiger partial charge in [0.2, 0.25) is 0 Å². The first kappa shape index (κ1) is 5.49. The highest BCUT2D eigenvalue weighted by Gasteiger charge is 1.93. The fourth-order valence-corrected chi connectivity index (χ4v) is 0.211. The molecule has 0 aliphatic heterocycles. The van der Waals surface area contributed by atoms with Crippen LogP contribution >= 0.6 is 0 Å². The third kappa shape index (κ3) is 3.49. The van der Waals surface area contributed by atoms with Gasteiger partial charge in [0, 0.05) is 5.92 Å². The molecule has 0 heterocycles. The van der Waals surface area contributed by atoms with Crippen LogP contribution in [-0.2, 0) is 0 Å². The van der Waals surface area contributed by atoms with Crippen LogP contribution in [0, 0.1) is 12.5 Å². The minimum absolute atomic E-state index is 0.606. The lowest BCUT2D eigenvalue weighted by molar-refractivity contribution is 0.712. The second-order valence-electron chi connectivity index (χ2n) is 1.76. The molecule has 1 heteroatoms. The Morgan fingerprint density at radius 2 is 2.17 bits per heavy atom. The van der Waals surface area contributed by atoms with E-state index in [0.29, 0.717) is 5.92 Å². The Kier molecular flexibility index (Phi) is 2.48. The zero-order valence-corrected chi connectivity index (χ0v) is 4.31. The Morgan fingerprint density at radius 3 is 2.17 bits per heavy atom. The first-order valence-corrected chi connectivity index (χ1v) is 2.14. The number of rotatable bonds is 1. The molecule has 0 unspecified atom stereocenters. The van der Waals surface area contributed by atoms with E-state index in [4.69, 9.17) is 6.57 Å². The minimum Gasteiger partial charge on any atom is -0.0867 e. The standard InChI is InChI=1S/C5H10N/c1-5(2)4-6-3/h3,5H,4H2,1-2H3/q+1. The monoisotopic (exact) mass is 84.1 g/mol. The summed E-state index contributed by atoms with van der Waals surface area (Å²) >= 11 is 0. The maximum atomic E-state index is 4.85. The predicted octanol–water partition coefficient (Wildman–Crippen LogP) is 1.61. The van der Waals surface area contributed by atoms with E-state index < -0.39 is 0 Å². The van der Waals surface area contributed by atoms with Gasteiger partial charge < -0.3 is 0 Å². The van der Waals surface area contributed by atoms with Gasteiger partial charge in [-0.3, -0.25) is 0 Å². The summed E-state index contributed by atoms with van der Waals surface area (Å²) in [7, 11) is 0. The molecule has 34 valence electrons. The molecule has 0 amide bonds. The van der Waals surface area contributed by atoms with Crippen molar-refractivity contribution in [3.05, 3.63) is 4.85 Å². The Morgan fingerprint density at radius 1 is 1.67 bits per heavy atom. The zero-order valence-electron chi connectivity index (χ0n) is 4.31. The maximum absolute atomic E-state index is 4.85. The molecule has 0 bridgehead atoms. The number of hydrogen-bond donors (Lipinski definition) is 0. The summed E-state index contributed by atoms with van der Waals surface area (Å²) < 4.78 is 0. The van der Waals surface area contributed by atoms with Crippen molar-refractivity contribution in [2.75, 3.05) is 6.54 Å². The molecule has 0 aliphatic carbocycles. The largest absolute Gasteiger partial charge is 0.265 e. The van der Waals surface area contributed by atoms with Gasteiger partial charge in [0.25, 0.3) is 13.1 Å². The Bertz CT molecular complexity index is 58.8. The van der Waals surface area contributed by atoms with Crippen molar-refractivity contribution in [1.82, 2.24) is 0 Å². The van der Waals surface area contributed by atoms with Gasteiger partial charge in [-0.15, -0.1) is 0 Å². The van der Waals surface area contributed by atoms with Crippen molar-refractivity contribution in [2.45, 2.75) is 13.8 Å². The van der Waals surface area contributed by atoms with Crippen LogP contribution < -0.4 is 0 Å². The van der Waals surface area contributed by atoms with E-state index in [9.17, 15) is 0 Å². The van der Waals surface area contributed by atoms with Gasteiger partial charge in [-0.05, 0) is 0 Å². The van der Waals surface area contributed by atoms with Gasteiger partial charge in [-0.1, -0.05) is 18.7 Å². The number of nitrogens with zero attached hydrogens (tertiary/aromatic N) is 1. The molecule has 0 N–H and O–H groups in total. The Hall–Kier alpha value is -0.510. The predicted molar refractivity (Wildman–Crippen MR) is 28.0 cm³/mol.